The van der Waals surface area contributed by atoms with E-state index in [4.69, 9.17) is 4.74 Å². The van der Waals surface area contributed by atoms with Gasteiger partial charge in [0.1, 0.15) is 5.75 Å². The highest BCUT2D eigenvalue weighted by Crippen LogP contribution is 2.19. The van der Waals surface area contributed by atoms with Crippen molar-refractivity contribution < 1.29 is 9.84 Å². The van der Waals surface area contributed by atoms with Gasteiger partial charge < -0.3 is 14.7 Å². The summed E-state index contributed by atoms with van der Waals surface area (Å²) < 4.78 is 5.62. The summed E-state index contributed by atoms with van der Waals surface area (Å²) in [5, 5.41) is 9.19. The van der Waals surface area contributed by atoms with Gasteiger partial charge >= 0.3 is 6.01 Å². The molecule has 1 saturated heterocycles. The van der Waals surface area contributed by atoms with Crippen LogP contribution in [0.1, 0.15) is 12.0 Å². The predicted molar refractivity (Wildman–Crippen MR) is 91.9 cm³/mol. The van der Waals surface area contributed by atoms with Crippen LogP contribution in [0.4, 0.5) is 0 Å². The van der Waals surface area contributed by atoms with E-state index in [1.165, 1.54) is 5.56 Å². The summed E-state index contributed by atoms with van der Waals surface area (Å²) in [5.41, 5.74) is 1.25. The molecule has 1 atom stereocenters. The fourth-order valence-corrected chi connectivity index (χ4v) is 2.98. The molecule has 1 fully saturated rings. The van der Waals surface area contributed by atoms with Crippen molar-refractivity contribution in [2.75, 3.05) is 33.3 Å². The average Bonchev–Trinajstić information content (AvgIpc) is 2.61. The number of ether oxygens (including phenoxy) is 1. The van der Waals surface area contributed by atoms with Gasteiger partial charge in [-0.15, -0.1) is 0 Å². The van der Waals surface area contributed by atoms with E-state index in [1.54, 1.807) is 18.5 Å². The van der Waals surface area contributed by atoms with Crippen LogP contribution in [-0.2, 0) is 6.54 Å². The number of likely N-dealkylation sites (N-methyl/N-ethyl adjacent to an activating group) is 1. The van der Waals surface area contributed by atoms with Crippen LogP contribution in [0.25, 0.3) is 0 Å². The normalized spacial score (nSPS) is 19.3. The van der Waals surface area contributed by atoms with E-state index < -0.39 is 0 Å². The van der Waals surface area contributed by atoms with Crippen LogP contribution in [-0.4, -0.2) is 64.2 Å². The van der Waals surface area contributed by atoms with Crippen molar-refractivity contribution in [3.8, 4) is 11.8 Å². The van der Waals surface area contributed by atoms with Gasteiger partial charge in [-0.25, -0.2) is 9.97 Å². The van der Waals surface area contributed by atoms with Crippen molar-refractivity contribution in [3.63, 3.8) is 0 Å². The van der Waals surface area contributed by atoms with Crippen molar-refractivity contribution >= 4 is 0 Å². The summed E-state index contributed by atoms with van der Waals surface area (Å²) in [6, 6.07) is 10.6. The summed E-state index contributed by atoms with van der Waals surface area (Å²) in [6.45, 7) is 4.24. The molecule has 24 heavy (non-hydrogen) atoms. The molecule has 0 spiro atoms. The standard InChI is InChI=1S/C18H24N4O2/c1-21-10-11-22(14-16(21)7-12-23)13-15-3-5-17(6-4-15)24-18-19-8-2-9-20-18/h2-6,8-9,16,23H,7,10-14H2,1H3/t16-/m0/s1. The number of aromatic nitrogens is 2. The number of nitrogens with zero attached hydrogens (tertiary/aromatic N) is 4. The molecule has 6 nitrogen and oxygen atoms in total. The SMILES string of the molecule is CN1CCN(Cc2ccc(Oc3ncccn3)cc2)C[C@@H]1CCO. The average molecular weight is 328 g/mol. The molecule has 1 aliphatic rings. The van der Waals surface area contributed by atoms with Crippen LogP contribution < -0.4 is 4.74 Å². The van der Waals surface area contributed by atoms with E-state index in [-0.39, 0.29) is 6.61 Å². The summed E-state index contributed by atoms with van der Waals surface area (Å²) in [7, 11) is 2.13. The van der Waals surface area contributed by atoms with Crippen LogP contribution >= 0.6 is 0 Å². The Bertz CT molecular complexity index is 621. The number of rotatable bonds is 6. The fourth-order valence-electron chi connectivity index (χ4n) is 2.98. The minimum atomic E-state index is 0.246. The van der Waals surface area contributed by atoms with Crippen molar-refractivity contribution in [1.82, 2.24) is 19.8 Å². The third kappa shape index (κ3) is 4.50. The monoisotopic (exact) mass is 328 g/mol. The lowest BCUT2D eigenvalue weighted by atomic mass is 10.1. The molecule has 0 bridgehead atoms. The number of hydrogen-bond acceptors (Lipinski definition) is 6. The van der Waals surface area contributed by atoms with Gasteiger partial charge in [-0.2, -0.15) is 0 Å². The van der Waals surface area contributed by atoms with E-state index in [0.29, 0.717) is 12.1 Å². The molecule has 6 heteroatoms. The van der Waals surface area contributed by atoms with Crippen LogP contribution in [0.5, 0.6) is 11.8 Å². The molecule has 2 heterocycles. The van der Waals surface area contributed by atoms with E-state index in [2.05, 4.69) is 38.9 Å². The molecular weight excluding hydrogens is 304 g/mol. The quantitative estimate of drug-likeness (QED) is 0.872. The number of hydrogen-bond donors (Lipinski definition) is 1. The molecule has 3 rings (SSSR count). The Kier molecular flexibility index (Phi) is 5.74. The molecule has 128 valence electrons. The molecule has 1 aromatic carbocycles. The summed E-state index contributed by atoms with van der Waals surface area (Å²) in [4.78, 5) is 12.9. The Hall–Kier alpha value is -2.02. The van der Waals surface area contributed by atoms with Crippen molar-refractivity contribution in [3.05, 3.63) is 48.3 Å². The predicted octanol–water partition coefficient (Wildman–Crippen LogP) is 1.77. The first-order chi connectivity index (χ1) is 11.7. The number of benzene rings is 1. The first-order valence-electron chi connectivity index (χ1n) is 8.32. The zero-order valence-corrected chi connectivity index (χ0v) is 14.0. The molecule has 0 radical (unpaired) electrons. The molecule has 1 aliphatic heterocycles. The van der Waals surface area contributed by atoms with Gasteiger partial charge in [0.05, 0.1) is 0 Å². The first kappa shape index (κ1) is 16.8. The van der Waals surface area contributed by atoms with Crippen molar-refractivity contribution in [2.45, 2.75) is 19.0 Å². The lowest BCUT2D eigenvalue weighted by Gasteiger charge is -2.39. The van der Waals surface area contributed by atoms with Crippen LogP contribution in [0.3, 0.4) is 0 Å². The molecule has 0 aliphatic carbocycles. The molecular formula is C18H24N4O2. The second-order valence-corrected chi connectivity index (χ2v) is 6.16. The number of aliphatic hydroxyl groups is 1. The molecule has 1 aromatic heterocycles. The summed E-state index contributed by atoms with van der Waals surface area (Å²) in [6.07, 6.45) is 4.15. The number of piperazine rings is 1. The van der Waals surface area contributed by atoms with Crippen molar-refractivity contribution in [2.24, 2.45) is 0 Å². The van der Waals surface area contributed by atoms with Gasteiger partial charge in [0.15, 0.2) is 0 Å². The van der Waals surface area contributed by atoms with Crippen LogP contribution in [0, 0.1) is 0 Å². The topological polar surface area (TPSA) is 61.7 Å². The molecule has 0 amide bonds. The second kappa shape index (κ2) is 8.19. The Morgan fingerprint density at radius 3 is 2.62 bits per heavy atom. The summed E-state index contributed by atoms with van der Waals surface area (Å²) >= 11 is 0. The van der Waals surface area contributed by atoms with Gasteiger partial charge in [-0.05, 0) is 37.2 Å². The van der Waals surface area contributed by atoms with E-state index in [9.17, 15) is 5.11 Å². The highest BCUT2D eigenvalue weighted by atomic mass is 16.5. The maximum absolute atomic E-state index is 9.19. The van der Waals surface area contributed by atoms with Gasteiger partial charge in [0.2, 0.25) is 0 Å². The lowest BCUT2D eigenvalue weighted by molar-refractivity contribution is 0.0743. The minimum absolute atomic E-state index is 0.246. The smallest absolute Gasteiger partial charge is 0.321 e. The Morgan fingerprint density at radius 2 is 1.92 bits per heavy atom. The van der Waals surface area contributed by atoms with Gasteiger partial charge in [0.25, 0.3) is 0 Å². The van der Waals surface area contributed by atoms with Crippen LogP contribution in [0.2, 0.25) is 0 Å². The maximum atomic E-state index is 9.19. The highest BCUT2D eigenvalue weighted by Gasteiger charge is 2.23. The minimum Gasteiger partial charge on any atom is -0.424 e. The molecule has 0 unspecified atom stereocenters. The third-order valence-electron chi connectivity index (χ3n) is 4.40. The Balaban J connectivity index is 1.56. The van der Waals surface area contributed by atoms with Crippen LogP contribution in [0.15, 0.2) is 42.7 Å². The zero-order valence-electron chi connectivity index (χ0n) is 14.0. The van der Waals surface area contributed by atoms with E-state index in [0.717, 1.165) is 38.3 Å². The third-order valence-corrected chi connectivity index (χ3v) is 4.40. The number of aliphatic hydroxyl groups excluding tert-OH is 1. The fraction of sp³-hybridized carbons (Fsp3) is 0.444. The molecule has 0 saturated carbocycles. The Morgan fingerprint density at radius 1 is 1.17 bits per heavy atom. The molecule has 1 N–H and O–H groups in total. The van der Waals surface area contributed by atoms with E-state index >= 15 is 0 Å². The largest absolute Gasteiger partial charge is 0.424 e. The second-order valence-electron chi connectivity index (χ2n) is 6.16. The molecule has 2 aromatic rings. The lowest BCUT2D eigenvalue weighted by Crippen LogP contribution is -2.51. The first-order valence-corrected chi connectivity index (χ1v) is 8.32. The van der Waals surface area contributed by atoms with Gasteiger partial charge in [0, 0.05) is 51.2 Å². The highest BCUT2D eigenvalue weighted by molar-refractivity contribution is 5.29. The Labute approximate surface area is 142 Å². The van der Waals surface area contributed by atoms with E-state index in [1.807, 2.05) is 12.1 Å². The summed E-state index contributed by atoms with van der Waals surface area (Å²) in [5.74, 6) is 0.737. The zero-order chi connectivity index (χ0) is 16.8. The van der Waals surface area contributed by atoms with Gasteiger partial charge in [-0.3, -0.25) is 4.90 Å². The maximum Gasteiger partial charge on any atom is 0.321 e. The van der Waals surface area contributed by atoms with Crippen molar-refractivity contribution in [1.29, 1.82) is 0 Å². The van der Waals surface area contributed by atoms with Gasteiger partial charge in [-0.1, -0.05) is 12.1 Å².